The van der Waals surface area contributed by atoms with Gasteiger partial charge in [-0.1, -0.05) is 170 Å². The van der Waals surface area contributed by atoms with Crippen LogP contribution in [-0.2, 0) is 0 Å². The molecule has 0 saturated heterocycles. The van der Waals surface area contributed by atoms with Crippen LogP contribution in [0.1, 0.15) is 17.8 Å². The largest absolute Gasteiger partial charge is 0.308 e. The molecule has 0 fully saturated rings. The Bertz CT molecular complexity index is 3550. The first-order valence-corrected chi connectivity index (χ1v) is 17.5. The van der Waals surface area contributed by atoms with E-state index in [0.717, 1.165) is 22.3 Å². The van der Waals surface area contributed by atoms with Crippen LogP contribution in [0.4, 0.5) is 0 Å². The Kier molecular flexibility index (Phi) is 5.37. The van der Waals surface area contributed by atoms with Gasteiger partial charge < -0.3 is 4.57 Å². The number of aromatic nitrogens is 4. The van der Waals surface area contributed by atoms with Crippen molar-refractivity contribution in [1.82, 2.24) is 19.5 Å². The molecule has 0 aliphatic rings. The monoisotopic (exact) mass is 715 g/mol. The maximum atomic E-state index is 9.48. The van der Waals surface area contributed by atoms with Crippen LogP contribution in [0.5, 0.6) is 0 Å². The zero-order valence-electron chi connectivity index (χ0n) is 41.9. The predicted molar refractivity (Wildman–Crippen MR) is 227 cm³/mol. The van der Waals surface area contributed by atoms with Crippen LogP contribution < -0.4 is 0 Å². The first-order chi connectivity index (χ1) is 32.7. The summed E-state index contributed by atoms with van der Waals surface area (Å²) in [5, 5.41) is -0.274. The minimum absolute atomic E-state index is 0.0669. The third-order valence-electron chi connectivity index (χ3n) is 9.38. The highest BCUT2D eigenvalue weighted by atomic mass is 15.1. The molecule has 0 aliphatic heterocycles. The van der Waals surface area contributed by atoms with Crippen LogP contribution >= 0.6 is 0 Å². The molecule has 0 bridgehead atoms. The Hall–Kier alpha value is -7.43. The molecule has 4 nitrogen and oxygen atoms in total. The second-order valence-corrected chi connectivity index (χ2v) is 12.7. The Morgan fingerprint density at radius 1 is 0.345 bits per heavy atom. The number of hydrogen-bond acceptors (Lipinski definition) is 3. The molecular weight excluding hydrogens is 669 g/mol. The summed E-state index contributed by atoms with van der Waals surface area (Å²) in [5.74, 6) is -0.278. The van der Waals surface area contributed by atoms with E-state index in [1.807, 2.05) is 72.8 Å². The van der Waals surface area contributed by atoms with Gasteiger partial charge in [0.05, 0.1) is 34.5 Å². The fourth-order valence-electron chi connectivity index (χ4n) is 6.91. The van der Waals surface area contributed by atoms with Crippen molar-refractivity contribution in [2.24, 2.45) is 0 Å². The third kappa shape index (κ3) is 5.96. The lowest BCUT2D eigenvalue weighted by molar-refractivity contribution is 1.06. The molecule has 0 unspecified atom stereocenters. The molecule has 2 aromatic heterocycles. The van der Waals surface area contributed by atoms with Crippen LogP contribution in [-0.4, -0.2) is 19.5 Å². The topological polar surface area (TPSA) is 43.6 Å². The molecule has 10 rings (SSSR count). The molecule has 4 heteroatoms. The predicted octanol–water partition coefficient (Wildman–Crippen LogP) is 13.0. The van der Waals surface area contributed by atoms with Gasteiger partial charge >= 0.3 is 0 Å². The highest BCUT2D eigenvalue weighted by Gasteiger charge is 2.23. The Morgan fingerprint density at radius 3 is 1.38 bits per heavy atom. The Morgan fingerprint density at radius 2 is 0.800 bits per heavy atom. The zero-order chi connectivity index (χ0) is 47.9. The van der Waals surface area contributed by atoms with Crippen LogP contribution in [0.25, 0.3) is 95.0 Å². The van der Waals surface area contributed by atoms with Crippen LogP contribution in [0, 0.1) is 0 Å². The van der Waals surface area contributed by atoms with Crippen molar-refractivity contribution in [2.45, 2.75) is 0 Å². The van der Waals surface area contributed by atoms with Gasteiger partial charge in [0.15, 0.2) is 17.5 Å². The molecule has 55 heavy (non-hydrogen) atoms. The lowest BCUT2D eigenvalue weighted by atomic mass is 9.91. The van der Waals surface area contributed by atoms with Gasteiger partial charge in [-0.3, -0.25) is 0 Å². The van der Waals surface area contributed by atoms with Crippen molar-refractivity contribution >= 4 is 21.8 Å². The van der Waals surface area contributed by atoms with E-state index in [9.17, 15) is 5.48 Å². The fourth-order valence-corrected chi connectivity index (χ4v) is 6.91. The lowest BCUT2D eigenvalue weighted by Gasteiger charge is -2.20. The van der Waals surface area contributed by atoms with Gasteiger partial charge in [0.25, 0.3) is 0 Å². The second-order valence-electron chi connectivity index (χ2n) is 12.7. The van der Waals surface area contributed by atoms with E-state index in [2.05, 4.69) is 6.07 Å². The van der Waals surface area contributed by atoms with Crippen molar-refractivity contribution in [3.8, 4) is 73.2 Å². The van der Waals surface area contributed by atoms with E-state index in [4.69, 9.17) is 27.3 Å². The smallest absolute Gasteiger partial charge is 0.166 e. The van der Waals surface area contributed by atoms with E-state index in [0.29, 0.717) is 16.7 Å². The molecular formula is C51H34N4. The number of rotatable bonds is 7. The number of benzene rings is 8. The molecule has 8 aromatic carbocycles. The van der Waals surface area contributed by atoms with E-state index in [1.165, 1.54) is 4.57 Å². The normalized spacial score (nSPS) is 14.6. The molecule has 0 spiro atoms. The maximum absolute atomic E-state index is 9.48. The average molecular weight is 716 g/mol. The van der Waals surface area contributed by atoms with Crippen LogP contribution in [0.15, 0.2) is 206 Å². The minimum Gasteiger partial charge on any atom is -0.308 e. The summed E-state index contributed by atoms with van der Waals surface area (Å²) in [6.07, 6.45) is 0. The number of nitrogens with zero attached hydrogens (tertiary/aromatic N) is 4. The Labute approximate surface area is 338 Å². The summed E-state index contributed by atoms with van der Waals surface area (Å²) in [5.41, 5.74) is 4.70. The zero-order valence-corrected chi connectivity index (χ0v) is 28.9. The summed E-state index contributed by atoms with van der Waals surface area (Å²) >= 11 is 0. The molecule has 10 aromatic rings. The molecule has 0 amide bonds. The molecule has 258 valence electrons. The van der Waals surface area contributed by atoms with E-state index < -0.39 is 78.6 Å². The molecule has 0 radical (unpaired) electrons. The molecule has 0 N–H and O–H groups in total. The maximum Gasteiger partial charge on any atom is 0.166 e. The van der Waals surface area contributed by atoms with Crippen molar-refractivity contribution in [2.75, 3.05) is 0 Å². The number of fused-ring (bicyclic) bond motifs is 3. The average Bonchev–Trinajstić information content (AvgIpc) is 3.74. The molecule has 0 atom stereocenters. The van der Waals surface area contributed by atoms with Gasteiger partial charge in [0.1, 0.15) is 0 Å². The van der Waals surface area contributed by atoms with E-state index in [-0.39, 0.29) is 56.1 Å². The molecule has 2 heterocycles. The van der Waals surface area contributed by atoms with Gasteiger partial charge in [0, 0.05) is 33.0 Å². The van der Waals surface area contributed by atoms with Crippen LogP contribution in [0.3, 0.4) is 0 Å². The first kappa shape index (κ1) is 21.3. The van der Waals surface area contributed by atoms with Crippen molar-refractivity contribution in [3.63, 3.8) is 0 Å². The summed E-state index contributed by atoms with van der Waals surface area (Å²) < 4.78 is 117. The Balaban J connectivity index is 1.43. The van der Waals surface area contributed by atoms with E-state index >= 15 is 0 Å². The lowest BCUT2D eigenvalue weighted by Crippen LogP contribution is -2.05. The molecule has 0 saturated carbocycles. The highest BCUT2D eigenvalue weighted by molar-refractivity contribution is 6.10. The van der Waals surface area contributed by atoms with Gasteiger partial charge in [-0.05, 0) is 64.2 Å². The first-order valence-electron chi connectivity index (χ1n) is 24.0. The SMILES string of the molecule is [2H]c1c([2H])c([2H])c(-c2nc(-c3ccccc3)nc(-c3cccc(-c4cc(-c5ccccc5)cc(-c5ccccc5)c4)c3-n3c4c([2H])c([2H])c([2H])c([2H])c4c4c([2H])c([2H])c([2H])c([2H])c43)n2)c([2H])c1[2H]. The van der Waals surface area contributed by atoms with Gasteiger partial charge in [-0.2, -0.15) is 0 Å². The summed E-state index contributed by atoms with van der Waals surface area (Å²) in [6, 6.07) is 32.0. The number of para-hydroxylation sites is 3. The minimum atomic E-state index is -0.607. The van der Waals surface area contributed by atoms with Gasteiger partial charge in [-0.25, -0.2) is 15.0 Å². The standard InChI is InChI=1S/C51H34N4/c1-5-18-35(19-6-1)39-32-40(36-20-7-2-8-21-36)34-41(33-39)42-28-17-29-45(48(42)55-46-30-15-13-26-43(46)44-27-14-16-31-47(44)55)51-53-49(37-22-9-3-10-23-37)52-50(54-51)38-24-11-4-12-25-38/h1-34H/i3D,9D,10D,13D,14D,15D,16D,22D,23D,26D,27D,30D,31D. The summed E-state index contributed by atoms with van der Waals surface area (Å²) in [4.78, 5) is 14.5. The molecule has 0 aliphatic carbocycles. The van der Waals surface area contributed by atoms with Gasteiger partial charge in [0.2, 0.25) is 0 Å². The third-order valence-corrected chi connectivity index (χ3v) is 9.38. The quantitative estimate of drug-likeness (QED) is 0.165. The number of hydrogen-bond donors (Lipinski definition) is 0. The second kappa shape index (κ2) is 13.8. The van der Waals surface area contributed by atoms with Crippen molar-refractivity contribution in [1.29, 1.82) is 0 Å². The van der Waals surface area contributed by atoms with Crippen LogP contribution in [0.2, 0.25) is 0 Å². The summed E-state index contributed by atoms with van der Waals surface area (Å²) in [6.45, 7) is 0. The fraction of sp³-hybridized carbons (Fsp3) is 0. The van der Waals surface area contributed by atoms with Crippen molar-refractivity contribution < 1.29 is 17.8 Å². The summed E-state index contributed by atoms with van der Waals surface area (Å²) in [7, 11) is 0. The van der Waals surface area contributed by atoms with Crippen molar-refractivity contribution in [3.05, 3.63) is 206 Å². The van der Waals surface area contributed by atoms with E-state index in [1.54, 1.807) is 48.5 Å². The van der Waals surface area contributed by atoms with Gasteiger partial charge in [-0.15, -0.1) is 0 Å². The highest BCUT2D eigenvalue weighted by Crippen LogP contribution is 2.43.